The molecular weight excluding hydrogens is 434 g/mol. The van der Waals surface area contributed by atoms with Crippen molar-refractivity contribution >= 4 is 40.6 Å². The number of carbonyl (C=O) groups excluding carboxylic acids is 2. The molecule has 2 aliphatic heterocycles. The second kappa shape index (κ2) is 8.81. The van der Waals surface area contributed by atoms with Gasteiger partial charge in [0.25, 0.3) is 0 Å². The molecule has 2 aromatic heterocycles. The molecule has 0 bridgehead atoms. The number of carbonyl (C=O) groups is 2. The Balaban J connectivity index is 1.16. The van der Waals surface area contributed by atoms with Gasteiger partial charge in [0.15, 0.2) is 0 Å². The number of hydrogen-bond donors (Lipinski definition) is 0. The van der Waals surface area contributed by atoms with Crippen molar-refractivity contribution in [2.24, 2.45) is 0 Å². The first-order chi connectivity index (χ1) is 15.2. The SMILES string of the molecule is O=C(CN1C(=O)CSc2ccccc21)N1CCN(Cc2nc(-c3cccs3)no2)CC1. The number of piperazine rings is 1. The summed E-state index contributed by atoms with van der Waals surface area (Å²) in [6, 6.07) is 11.7. The lowest BCUT2D eigenvalue weighted by Crippen LogP contribution is -2.52. The zero-order valence-electron chi connectivity index (χ0n) is 16.8. The van der Waals surface area contributed by atoms with Crippen LogP contribution in [0.2, 0.25) is 0 Å². The predicted molar refractivity (Wildman–Crippen MR) is 119 cm³/mol. The summed E-state index contributed by atoms with van der Waals surface area (Å²) < 4.78 is 5.39. The standard InChI is InChI=1S/C21H21N5O3S2/c27-19(13-26-15-4-1-2-5-16(15)31-14-20(26)28)25-9-7-24(8-10-25)12-18-22-21(23-29-18)17-6-3-11-30-17/h1-6,11H,7-10,12-14H2. The Morgan fingerprint density at radius 1 is 1.10 bits per heavy atom. The summed E-state index contributed by atoms with van der Waals surface area (Å²) in [6.45, 7) is 3.33. The van der Waals surface area contributed by atoms with Crippen molar-refractivity contribution in [2.45, 2.75) is 11.4 Å². The van der Waals surface area contributed by atoms with E-state index in [0.717, 1.165) is 28.5 Å². The number of rotatable bonds is 5. The third-order valence-corrected chi connectivity index (χ3v) is 7.31. The molecule has 2 amide bonds. The Morgan fingerprint density at radius 2 is 1.94 bits per heavy atom. The van der Waals surface area contributed by atoms with E-state index < -0.39 is 0 Å². The molecule has 1 aromatic carbocycles. The molecule has 4 heterocycles. The van der Waals surface area contributed by atoms with Crippen molar-refractivity contribution in [3.8, 4) is 10.7 Å². The molecule has 0 saturated carbocycles. The van der Waals surface area contributed by atoms with Gasteiger partial charge >= 0.3 is 0 Å². The molecule has 8 nitrogen and oxygen atoms in total. The van der Waals surface area contributed by atoms with Crippen molar-refractivity contribution in [1.82, 2.24) is 19.9 Å². The fraction of sp³-hybridized carbons (Fsp3) is 0.333. The monoisotopic (exact) mass is 455 g/mol. The number of aromatic nitrogens is 2. The molecule has 3 aromatic rings. The van der Waals surface area contributed by atoms with Gasteiger partial charge in [-0.25, -0.2) is 0 Å². The molecular formula is C21H21N5O3S2. The lowest BCUT2D eigenvalue weighted by molar-refractivity contribution is -0.132. The highest BCUT2D eigenvalue weighted by atomic mass is 32.2. The number of hydrogen-bond acceptors (Lipinski definition) is 8. The van der Waals surface area contributed by atoms with E-state index >= 15 is 0 Å². The summed E-state index contributed by atoms with van der Waals surface area (Å²) in [5, 5.41) is 6.03. The molecule has 1 fully saturated rings. The Hall–Kier alpha value is -2.69. The first-order valence-electron chi connectivity index (χ1n) is 10.1. The molecule has 31 heavy (non-hydrogen) atoms. The quantitative estimate of drug-likeness (QED) is 0.585. The minimum atomic E-state index is -0.0209. The Bertz CT molecular complexity index is 1080. The van der Waals surface area contributed by atoms with Crippen LogP contribution in [0.1, 0.15) is 5.89 Å². The highest BCUT2D eigenvalue weighted by molar-refractivity contribution is 8.00. The maximum absolute atomic E-state index is 12.9. The van der Waals surface area contributed by atoms with Gasteiger partial charge in [-0.1, -0.05) is 23.4 Å². The number of benzene rings is 1. The smallest absolute Gasteiger partial charge is 0.242 e. The van der Waals surface area contributed by atoms with Crippen LogP contribution in [-0.4, -0.2) is 70.2 Å². The number of thiophene rings is 1. The first kappa shape index (κ1) is 20.2. The number of anilines is 1. The van der Waals surface area contributed by atoms with E-state index in [4.69, 9.17) is 4.52 Å². The van der Waals surface area contributed by atoms with Crippen LogP contribution in [0.25, 0.3) is 10.7 Å². The Labute approximate surface area is 187 Å². The zero-order chi connectivity index (χ0) is 21.2. The lowest BCUT2D eigenvalue weighted by Gasteiger charge is -2.36. The molecule has 0 unspecified atom stereocenters. The molecule has 1 saturated heterocycles. The summed E-state index contributed by atoms with van der Waals surface area (Å²) in [5.41, 5.74) is 0.827. The number of nitrogens with zero attached hydrogens (tertiary/aromatic N) is 5. The number of para-hydroxylation sites is 1. The minimum absolute atomic E-state index is 0.0198. The Morgan fingerprint density at radius 3 is 2.74 bits per heavy atom. The predicted octanol–water partition coefficient (Wildman–Crippen LogP) is 2.58. The van der Waals surface area contributed by atoms with E-state index in [1.54, 1.807) is 16.2 Å². The van der Waals surface area contributed by atoms with Crippen LogP contribution in [0.4, 0.5) is 5.69 Å². The van der Waals surface area contributed by atoms with Crippen LogP contribution < -0.4 is 4.90 Å². The van der Waals surface area contributed by atoms with Gasteiger partial charge in [-0.3, -0.25) is 14.5 Å². The maximum Gasteiger partial charge on any atom is 0.242 e. The van der Waals surface area contributed by atoms with Gasteiger partial charge in [0.05, 0.1) is 22.9 Å². The minimum Gasteiger partial charge on any atom is -0.339 e. The van der Waals surface area contributed by atoms with Gasteiger partial charge in [0.2, 0.25) is 23.5 Å². The highest BCUT2D eigenvalue weighted by Crippen LogP contribution is 2.34. The maximum atomic E-state index is 12.9. The fourth-order valence-corrected chi connectivity index (χ4v) is 5.32. The zero-order valence-corrected chi connectivity index (χ0v) is 18.4. The van der Waals surface area contributed by atoms with Gasteiger partial charge in [0, 0.05) is 31.1 Å². The molecule has 0 radical (unpaired) electrons. The van der Waals surface area contributed by atoms with Crippen LogP contribution in [-0.2, 0) is 16.1 Å². The van der Waals surface area contributed by atoms with E-state index in [1.165, 1.54) is 11.8 Å². The lowest BCUT2D eigenvalue weighted by atomic mass is 10.2. The van der Waals surface area contributed by atoms with Crippen molar-refractivity contribution in [2.75, 3.05) is 43.4 Å². The number of thioether (sulfide) groups is 1. The summed E-state index contributed by atoms with van der Waals surface area (Å²) in [7, 11) is 0. The fourth-order valence-electron chi connectivity index (χ4n) is 3.73. The number of amides is 2. The molecule has 10 heteroatoms. The molecule has 0 aliphatic carbocycles. The van der Waals surface area contributed by atoms with Crippen LogP contribution in [0.5, 0.6) is 0 Å². The van der Waals surface area contributed by atoms with Gasteiger partial charge in [0.1, 0.15) is 6.54 Å². The van der Waals surface area contributed by atoms with Crippen molar-refractivity contribution in [3.63, 3.8) is 0 Å². The van der Waals surface area contributed by atoms with E-state index in [9.17, 15) is 9.59 Å². The third kappa shape index (κ3) is 4.36. The van der Waals surface area contributed by atoms with Gasteiger partial charge in [-0.05, 0) is 23.6 Å². The molecule has 2 aliphatic rings. The van der Waals surface area contributed by atoms with E-state index in [-0.39, 0.29) is 18.4 Å². The largest absolute Gasteiger partial charge is 0.339 e. The summed E-state index contributed by atoms with van der Waals surface area (Å²) >= 11 is 3.10. The average molecular weight is 456 g/mol. The van der Waals surface area contributed by atoms with Crippen LogP contribution in [0.15, 0.2) is 51.2 Å². The summed E-state index contributed by atoms with van der Waals surface area (Å²) in [6.07, 6.45) is 0. The molecule has 0 spiro atoms. The highest BCUT2D eigenvalue weighted by Gasteiger charge is 2.29. The first-order valence-corrected chi connectivity index (χ1v) is 11.9. The topological polar surface area (TPSA) is 82.8 Å². The van der Waals surface area contributed by atoms with Crippen LogP contribution in [0.3, 0.4) is 0 Å². The number of fused-ring (bicyclic) bond motifs is 1. The van der Waals surface area contributed by atoms with Crippen LogP contribution in [0, 0.1) is 0 Å². The Kier molecular flexibility index (Phi) is 5.75. The van der Waals surface area contributed by atoms with Gasteiger partial charge in [-0.15, -0.1) is 23.1 Å². The van der Waals surface area contributed by atoms with Crippen molar-refractivity contribution in [3.05, 3.63) is 47.7 Å². The van der Waals surface area contributed by atoms with Crippen molar-refractivity contribution in [1.29, 1.82) is 0 Å². The molecule has 160 valence electrons. The van der Waals surface area contributed by atoms with Gasteiger partial charge in [-0.2, -0.15) is 4.98 Å². The van der Waals surface area contributed by atoms with E-state index in [0.29, 0.717) is 37.1 Å². The second-order valence-corrected chi connectivity index (χ2v) is 9.35. The molecule has 0 N–H and O–H groups in total. The summed E-state index contributed by atoms with van der Waals surface area (Å²) in [4.78, 5) is 37.5. The second-order valence-electron chi connectivity index (χ2n) is 7.38. The van der Waals surface area contributed by atoms with E-state index in [2.05, 4.69) is 15.0 Å². The molecule has 0 atom stereocenters. The summed E-state index contributed by atoms with van der Waals surface area (Å²) in [5.74, 6) is 1.52. The third-order valence-electron chi connectivity index (χ3n) is 5.40. The van der Waals surface area contributed by atoms with Crippen molar-refractivity contribution < 1.29 is 14.1 Å². The van der Waals surface area contributed by atoms with E-state index in [1.807, 2.05) is 46.7 Å². The van der Waals surface area contributed by atoms with Crippen LogP contribution >= 0.6 is 23.1 Å². The van der Waals surface area contributed by atoms with Gasteiger partial charge < -0.3 is 14.3 Å². The normalized spacial score (nSPS) is 17.1. The molecule has 5 rings (SSSR count). The average Bonchev–Trinajstić information content (AvgIpc) is 3.48.